The molecule has 2 unspecified atom stereocenters. The Morgan fingerprint density at radius 1 is 1.09 bits per heavy atom. The van der Waals surface area contributed by atoms with Crippen molar-refractivity contribution in [2.45, 2.75) is 44.2 Å². The fourth-order valence-electron chi connectivity index (χ4n) is 5.05. The summed E-state index contributed by atoms with van der Waals surface area (Å²) in [6.45, 7) is 4.49. The maximum absolute atomic E-state index is 12.7. The normalized spacial score (nSPS) is 18.1. The molecule has 0 aromatic heterocycles. The van der Waals surface area contributed by atoms with Gasteiger partial charge in [-0.3, -0.25) is 14.5 Å². The van der Waals surface area contributed by atoms with Gasteiger partial charge in [-0.25, -0.2) is 4.79 Å². The lowest BCUT2D eigenvalue weighted by Crippen LogP contribution is -2.50. The summed E-state index contributed by atoms with van der Waals surface area (Å²) in [5, 5.41) is 14.5. The highest BCUT2D eigenvalue weighted by molar-refractivity contribution is 5.89. The summed E-state index contributed by atoms with van der Waals surface area (Å²) < 4.78 is 5.48. The molecule has 2 atom stereocenters. The first-order valence-electron chi connectivity index (χ1n) is 11.8. The number of benzene rings is 2. The second kappa shape index (κ2) is 10.7. The molecule has 3 N–H and O–H groups in total. The van der Waals surface area contributed by atoms with Crippen LogP contribution in [-0.4, -0.2) is 66.3 Å². The molecule has 2 aromatic carbocycles. The molecule has 8 nitrogen and oxygen atoms in total. The van der Waals surface area contributed by atoms with Crippen molar-refractivity contribution in [1.82, 2.24) is 15.5 Å². The third kappa shape index (κ3) is 5.22. The number of carbonyl (C=O) groups is 3. The molecule has 1 saturated heterocycles. The Kier molecular flexibility index (Phi) is 7.47. The summed E-state index contributed by atoms with van der Waals surface area (Å²) in [7, 11) is 0. The van der Waals surface area contributed by atoms with E-state index in [1.165, 1.54) is 0 Å². The van der Waals surface area contributed by atoms with Crippen molar-refractivity contribution in [3.8, 4) is 11.1 Å². The van der Waals surface area contributed by atoms with Gasteiger partial charge in [-0.2, -0.15) is 0 Å². The van der Waals surface area contributed by atoms with Crippen LogP contribution in [0.25, 0.3) is 11.1 Å². The molecule has 4 rings (SSSR count). The van der Waals surface area contributed by atoms with Crippen LogP contribution in [0.2, 0.25) is 0 Å². The van der Waals surface area contributed by atoms with E-state index >= 15 is 0 Å². The number of likely N-dealkylation sites (tertiary alicyclic amines) is 1. The molecule has 34 heavy (non-hydrogen) atoms. The van der Waals surface area contributed by atoms with Gasteiger partial charge in [0, 0.05) is 18.5 Å². The quantitative estimate of drug-likeness (QED) is 0.526. The molecule has 1 fully saturated rings. The minimum atomic E-state index is -1.20. The number of nitrogens with zero attached hydrogens (tertiary/aromatic N) is 1. The van der Waals surface area contributed by atoms with Crippen molar-refractivity contribution in [1.29, 1.82) is 0 Å². The Labute approximate surface area is 199 Å². The molecule has 8 heteroatoms. The molecule has 2 aromatic rings. The number of fused-ring (bicyclic) bond motifs is 3. The zero-order valence-electron chi connectivity index (χ0n) is 19.3. The number of ether oxygens (including phenoxy) is 1. The number of nitrogens with one attached hydrogen (secondary N) is 2. The lowest BCUT2D eigenvalue weighted by molar-refractivity contribution is -0.139. The van der Waals surface area contributed by atoms with Gasteiger partial charge < -0.3 is 20.5 Å². The van der Waals surface area contributed by atoms with Gasteiger partial charge in [-0.1, -0.05) is 55.5 Å². The fraction of sp³-hybridized carbons (Fsp3) is 0.423. The number of carbonyl (C=O) groups excluding carboxylic acids is 2. The Bertz CT molecular complexity index is 1010. The number of hydrogen-bond acceptors (Lipinski definition) is 5. The zero-order chi connectivity index (χ0) is 24.1. The summed E-state index contributed by atoms with van der Waals surface area (Å²) in [5.74, 6) is -1.80. The van der Waals surface area contributed by atoms with E-state index < -0.39 is 30.4 Å². The van der Waals surface area contributed by atoms with Crippen LogP contribution < -0.4 is 10.6 Å². The SMILES string of the molecule is CCN1CCCC1CNC(=O)C(CC(=O)O)NC(=O)OCC1c2ccccc2-c2ccccc21. The fourth-order valence-corrected chi connectivity index (χ4v) is 5.05. The van der Waals surface area contributed by atoms with E-state index in [2.05, 4.69) is 22.5 Å². The minimum Gasteiger partial charge on any atom is -0.481 e. The predicted molar refractivity (Wildman–Crippen MR) is 128 cm³/mol. The van der Waals surface area contributed by atoms with Gasteiger partial charge in [0.2, 0.25) is 5.91 Å². The van der Waals surface area contributed by atoms with Crippen LogP contribution in [0.1, 0.15) is 43.2 Å². The summed E-state index contributed by atoms with van der Waals surface area (Å²) in [5.41, 5.74) is 4.38. The molecule has 2 amide bonds. The number of rotatable bonds is 9. The van der Waals surface area contributed by atoms with Crippen LogP contribution in [0.4, 0.5) is 4.79 Å². The van der Waals surface area contributed by atoms with Crippen molar-refractivity contribution in [2.24, 2.45) is 0 Å². The second-order valence-electron chi connectivity index (χ2n) is 8.79. The van der Waals surface area contributed by atoms with E-state index in [0.717, 1.165) is 48.2 Å². The third-order valence-electron chi connectivity index (χ3n) is 6.75. The predicted octanol–water partition coefficient (Wildman–Crippen LogP) is 2.97. The van der Waals surface area contributed by atoms with Gasteiger partial charge >= 0.3 is 12.1 Å². The number of likely N-dealkylation sites (N-methyl/N-ethyl adjacent to an activating group) is 1. The third-order valence-corrected chi connectivity index (χ3v) is 6.75. The summed E-state index contributed by atoms with van der Waals surface area (Å²) >= 11 is 0. The van der Waals surface area contributed by atoms with E-state index in [4.69, 9.17) is 4.74 Å². The monoisotopic (exact) mass is 465 g/mol. The van der Waals surface area contributed by atoms with Gasteiger partial charge in [-0.15, -0.1) is 0 Å². The average Bonchev–Trinajstić information content (AvgIpc) is 3.42. The van der Waals surface area contributed by atoms with Gasteiger partial charge in [0.1, 0.15) is 12.6 Å². The first-order chi connectivity index (χ1) is 16.5. The average molecular weight is 466 g/mol. The zero-order valence-corrected chi connectivity index (χ0v) is 19.3. The number of aliphatic carboxylic acids is 1. The first-order valence-corrected chi connectivity index (χ1v) is 11.8. The lowest BCUT2D eigenvalue weighted by atomic mass is 9.98. The molecule has 1 aliphatic heterocycles. The van der Waals surface area contributed by atoms with E-state index in [1.807, 2.05) is 48.5 Å². The van der Waals surface area contributed by atoms with Crippen LogP contribution in [0.5, 0.6) is 0 Å². The highest BCUT2D eigenvalue weighted by atomic mass is 16.5. The Morgan fingerprint density at radius 3 is 2.35 bits per heavy atom. The van der Waals surface area contributed by atoms with Gasteiger partial charge in [0.25, 0.3) is 0 Å². The minimum absolute atomic E-state index is 0.0921. The largest absolute Gasteiger partial charge is 0.481 e. The van der Waals surface area contributed by atoms with Crippen molar-refractivity contribution in [3.05, 3.63) is 59.7 Å². The van der Waals surface area contributed by atoms with E-state index in [-0.39, 0.29) is 18.6 Å². The number of alkyl carbamates (subject to hydrolysis) is 1. The Hall–Kier alpha value is -3.39. The number of hydrogen-bond donors (Lipinski definition) is 3. The first kappa shape index (κ1) is 23.8. The Morgan fingerprint density at radius 2 is 1.74 bits per heavy atom. The van der Waals surface area contributed by atoms with Crippen LogP contribution in [0, 0.1) is 0 Å². The molecule has 2 aliphatic rings. The molecule has 0 radical (unpaired) electrons. The number of carboxylic acids is 1. The highest BCUT2D eigenvalue weighted by Crippen LogP contribution is 2.44. The van der Waals surface area contributed by atoms with Gasteiger partial charge in [0.05, 0.1) is 6.42 Å². The number of carboxylic acid groups (broad SMARTS) is 1. The molecule has 180 valence electrons. The lowest BCUT2D eigenvalue weighted by Gasteiger charge is -2.24. The smallest absolute Gasteiger partial charge is 0.407 e. The van der Waals surface area contributed by atoms with Gasteiger partial charge in [0.15, 0.2) is 0 Å². The van der Waals surface area contributed by atoms with E-state index in [1.54, 1.807) is 0 Å². The van der Waals surface area contributed by atoms with Crippen LogP contribution >= 0.6 is 0 Å². The summed E-state index contributed by atoms with van der Waals surface area (Å²) in [4.78, 5) is 38.9. The highest BCUT2D eigenvalue weighted by Gasteiger charge is 2.31. The maximum Gasteiger partial charge on any atom is 0.407 e. The topological polar surface area (TPSA) is 108 Å². The molecule has 1 heterocycles. The van der Waals surface area contributed by atoms with Crippen molar-refractivity contribution in [2.75, 3.05) is 26.2 Å². The van der Waals surface area contributed by atoms with E-state index in [0.29, 0.717) is 6.54 Å². The molecular weight excluding hydrogens is 434 g/mol. The van der Waals surface area contributed by atoms with Crippen LogP contribution in [0.15, 0.2) is 48.5 Å². The van der Waals surface area contributed by atoms with Crippen molar-refractivity contribution >= 4 is 18.0 Å². The van der Waals surface area contributed by atoms with Crippen LogP contribution in [0.3, 0.4) is 0 Å². The molecule has 0 bridgehead atoms. The molecular formula is C26H31N3O5. The standard InChI is InChI=1S/C26H31N3O5/c1-2-29-13-7-8-17(29)15-27-25(32)23(14-24(30)31)28-26(33)34-16-22-20-11-5-3-9-18(20)19-10-4-6-12-21(19)22/h3-6,9-12,17,22-23H,2,7-8,13-16H2,1H3,(H,27,32)(H,28,33)(H,30,31). The molecule has 0 saturated carbocycles. The van der Waals surface area contributed by atoms with Crippen LogP contribution in [-0.2, 0) is 14.3 Å². The summed E-state index contributed by atoms with van der Waals surface area (Å²) in [6, 6.07) is 15.0. The molecule has 1 aliphatic carbocycles. The molecule has 0 spiro atoms. The van der Waals surface area contributed by atoms with E-state index in [9.17, 15) is 19.5 Å². The van der Waals surface area contributed by atoms with Crippen molar-refractivity contribution in [3.63, 3.8) is 0 Å². The van der Waals surface area contributed by atoms with Crippen molar-refractivity contribution < 1.29 is 24.2 Å². The number of amides is 2. The Balaban J connectivity index is 1.36. The maximum atomic E-state index is 12.7. The summed E-state index contributed by atoms with van der Waals surface area (Å²) in [6.07, 6.45) is 0.736. The van der Waals surface area contributed by atoms with Gasteiger partial charge in [-0.05, 0) is 48.2 Å². The second-order valence-corrected chi connectivity index (χ2v) is 8.79.